The van der Waals surface area contributed by atoms with Crippen molar-refractivity contribution in [1.82, 2.24) is 4.57 Å². The van der Waals surface area contributed by atoms with E-state index in [0.717, 1.165) is 35.2 Å². The lowest BCUT2D eigenvalue weighted by Crippen LogP contribution is -2.38. The number of aromatic nitrogens is 1. The van der Waals surface area contributed by atoms with E-state index in [1.807, 2.05) is 36.4 Å². The standard InChI is InChI=1S/C28H20ClN3O4S/c1-36-23-13-10-16(14-22(23)32(34)35)15-24-27(33)31-26(19-8-4-5-9-21(19)29)20-12-11-17-6-2-3-7-18(17)25(20)30-28(31)37-24/h2-10,13-15,26H,11-12H2,1H3/b24-15+/t26-/m0/s1. The summed E-state index contributed by atoms with van der Waals surface area (Å²) in [6.07, 6.45) is 3.28. The molecule has 1 aliphatic carbocycles. The van der Waals surface area contributed by atoms with Crippen LogP contribution in [0.15, 0.2) is 82.1 Å². The number of ether oxygens (including phenoxy) is 1. The molecule has 0 radical (unpaired) electrons. The van der Waals surface area contributed by atoms with E-state index in [1.165, 1.54) is 36.1 Å². The van der Waals surface area contributed by atoms with E-state index in [2.05, 4.69) is 12.1 Å². The molecular formula is C28H20ClN3O4S. The molecule has 0 unspecified atom stereocenters. The topological polar surface area (TPSA) is 86.7 Å². The van der Waals surface area contributed by atoms with Crippen LogP contribution in [0.3, 0.4) is 0 Å². The summed E-state index contributed by atoms with van der Waals surface area (Å²) in [5.74, 6) is 0.161. The maximum atomic E-state index is 13.8. The molecule has 4 aromatic rings. The van der Waals surface area contributed by atoms with Gasteiger partial charge in [0, 0.05) is 16.7 Å². The Morgan fingerprint density at radius 3 is 2.70 bits per heavy atom. The van der Waals surface area contributed by atoms with Crippen LogP contribution >= 0.6 is 22.9 Å². The maximum Gasteiger partial charge on any atom is 0.311 e. The lowest BCUT2D eigenvalue weighted by atomic mass is 9.83. The number of benzene rings is 3. The zero-order chi connectivity index (χ0) is 25.7. The molecule has 1 aromatic heterocycles. The first-order valence-corrected chi connectivity index (χ1v) is 12.9. The van der Waals surface area contributed by atoms with E-state index in [4.69, 9.17) is 21.3 Å². The first-order chi connectivity index (χ1) is 18.0. The predicted octanol–water partition coefficient (Wildman–Crippen LogP) is 4.89. The zero-order valence-electron chi connectivity index (χ0n) is 19.7. The van der Waals surface area contributed by atoms with Gasteiger partial charge in [0.2, 0.25) is 0 Å². The second kappa shape index (κ2) is 9.14. The van der Waals surface area contributed by atoms with Gasteiger partial charge in [-0.3, -0.25) is 19.5 Å². The number of methoxy groups -OCH3 is 1. The van der Waals surface area contributed by atoms with Crippen LogP contribution in [-0.4, -0.2) is 16.6 Å². The second-order valence-electron chi connectivity index (χ2n) is 8.82. The summed E-state index contributed by atoms with van der Waals surface area (Å²) in [5.41, 5.74) is 5.25. The number of nitro benzene ring substituents is 1. The van der Waals surface area contributed by atoms with Gasteiger partial charge in [-0.15, -0.1) is 0 Å². The van der Waals surface area contributed by atoms with E-state index in [-0.39, 0.29) is 23.0 Å². The Hall–Kier alpha value is -4.01. The van der Waals surface area contributed by atoms with E-state index in [9.17, 15) is 14.9 Å². The second-order valence-corrected chi connectivity index (χ2v) is 10.2. The van der Waals surface area contributed by atoms with Crippen molar-refractivity contribution >= 4 is 40.4 Å². The number of aryl methyl sites for hydroxylation is 1. The van der Waals surface area contributed by atoms with Crippen LogP contribution < -0.4 is 19.6 Å². The minimum atomic E-state index is -0.499. The van der Waals surface area contributed by atoms with Gasteiger partial charge in [-0.05, 0) is 53.3 Å². The molecule has 0 saturated heterocycles. The Morgan fingerprint density at radius 1 is 1.14 bits per heavy atom. The van der Waals surface area contributed by atoms with Crippen LogP contribution in [0.2, 0.25) is 5.02 Å². The molecular weight excluding hydrogens is 510 g/mol. The molecule has 0 N–H and O–H groups in total. The van der Waals surface area contributed by atoms with Gasteiger partial charge in [0.1, 0.15) is 0 Å². The van der Waals surface area contributed by atoms with Crippen LogP contribution in [0.5, 0.6) is 5.75 Å². The molecule has 1 atom stereocenters. The Bertz CT molecular complexity index is 1800. The fraction of sp³-hybridized carbons (Fsp3) is 0.143. The van der Waals surface area contributed by atoms with Gasteiger partial charge in [-0.2, -0.15) is 0 Å². The molecule has 184 valence electrons. The normalized spacial score (nSPS) is 16.5. The number of thiazole rings is 1. The van der Waals surface area contributed by atoms with E-state index < -0.39 is 4.92 Å². The molecule has 0 bridgehead atoms. The van der Waals surface area contributed by atoms with Gasteiger partial charge in [-0.25, -0.2) is 4.99 Å². The molecule has 1 aliphatic heterocycles. The van der Waals surface area contributed by atoms with E-state index >= 15 is 0 Å². The number of fused-ring (bicyclic) bond motifs is 3. The molecule has 6 rings (SSSR count). The van der Waals surface area contributed by atoms with Crippen LogP contribution in [0.25, 0.3) is 11.8 Å². The van der Waals surface area contributed by atoms with Crippen molar-refractivity contribution in [3.05, 3.63) is 129 Å². The summed E-state index contributed by atoms with van der Waals surface area (Å²) in [5, 5.41) is 12.1. The number of nitro groups is 1. The van der Waals surface area contributed by atoms with Crippen LogP contribution in [0, 0.1) is 10.1 Å². The number of hydrogen-bond acceptors (Lipinski definition) is 6. The third kappa shape index (κ3) is 3.89. The van der Waals surface area contributed by atoms with Gasteiger partial charge in [-0.1, -0.05) is 71.5 Å². The number of halogens is 1. The highest BCUT2D eigenvalue weighted by Crippen LogP contribution is 2.42. The summed E-state index contributed by atoms with van der Waals surface area (Å²) >= 11 is 7.94. The van der Waals surface area contributed by atoms with Crippen molar-refractivity contribution in [2.24, 2.45) is 4.99 Å². The molecule has 37 heavy (non-hydrogen) atoms. The lowest BCUT2D eigenvalue weighted by molar-refractivity contribution is -0.385. The average molecular weight is 530 g/mol. The maximum absolute atomic E-state index is 13.8. The monoisotopic (exact) mass is 529 g/mol. The van der Waals surface area contributed by atoms with E-state index in [0.29, 0.717) is 19.9 Å². The fourth-order valence-electron chi connectivity index (χ4n) is 5.09. The van der Waals surface area contributed by atoms with Gasteiger partial charge < -0.3 is 4.74 Å². The molecule has 2 aliphatic rings. The third-order valence-electron chi connectivity index (χ3n) is 6.77. The zero-order valence-corrected chi connectivity index (χ0v) is 21.3. The van der Waals surface area contributed by atoms with Gasteiger partial charge >= 0.3 is 5.69 Å². The van der Waals surface area contributed by atoms with Crippen molar-refractivity contribution in [3.8, 4) is 5.75 Å². The first-order valence-electron chi connectivity index (χ1n) is 11.7. The van der Waals surface area contributed by atoms with Crippen molar-refractivity contribution in [1.29, 1.82) is 0 Å². The van der Waals surface area contributed by atoms with E-state index in [1.54, 1.807) is 16.7 Å². The molecule has 9 heteroatoms. The molecule has 3 aromatic carbocycles. The lowest BCUT2D eigenvalue weighted by Gasteiger charge is -2.31. The Labute approximate surface area is 220 Å². The van der Waals surface area contributed by atoms with Crippen LogP contribution in [0.1, 0.15) is 34.7 Å². The highest BCUT2D eigenvalue weighted by Gasteiger charge is 2.33. The summed E-state index contributed by atoms with van der Waals surface area (Å²) in [4.78, 5) is 30.4. The fourth-order valence-corrected chi connectivity index (χ4v) is 6.33. The minimum absolute atomic E-state index is 0.161. The number of nitrogens with zero attached hydrogens (tertiary/aromatic N) is 3. The minimum Gasteiger partial charge on any atom is -0.490 e. The highest BCUT2D eigenvalue weighted by atomic mass is 35.5. The van der Waals surface area contributed by atoms with Crippen molar-refractivity contribution in [3.63, 3.8) is 0 Å². The Kier molecular flexibility index (Phi) is 5.78. The average Bonchev–Trinajstić information content (AvgIpc) is 3.22. The summed E-state index contributed by atoms with van der Waals surface area (Å²) in [7, 11) is 1.38. The molecule has 0 amide bonds. The van der Waals surface area contributed by atoms with Gasteiger partial charge in [0.25, 0.3) is 5.56 Å². The van der Waals surface area contributed by atoms with Gasteiger partial charge in [0.05, 0.1) is 28.3 Å². The predicted molar refractivity (Wildman–Crippen MR) is 144 cm³/mol. The summed E-state index contributed by atoms with van der Waals surface area (Å²) in [6, 6.07) is 20.0. The Morgan fingerprint density at radius 2 is 1.92 bits per heavy atom. The molecule has 0 fully saturated rings. The molecule has 0 spiro atoms. The Balaban J connectivity index is 1.60. The smallest absolute Gasteiger partial charge is 0.311 e. The van der Waals surface area contributed by atoms with Gasteiger partial charge in [0.15, 0.2) is 10.6 Å². The van der Waals surface area contributed by atoms with Crippen molar-refractivity contribution in [2.45, 2.75) is 18.9 Å². The number of allylic oxidation sites excluding steroid dienone is 1. The quantitative estimate of drug-likeness (QED) is 0.278. The molecule has 0 saturated carbocycles. The highest BCUT2D eigenvalue weighted by molar-refractivity contribution is 7.07. The summed E-state index contributed by atoms with van der Waals surface area (Å²) < 4.78 is 7.25. The van der Waals surface area contributed by atoms with Crippen molar-refractivity contribution < 1.29 is 9.66 Å². The first kappa shape index (κ1) is 23.4. The number of hydrogen-bond donors (Lipinski definition) is 0. The third-order valence-corrected chi connectivity index (χ3v) is 8.10. The van der Waals surface area contributed by atoms with Crippen LogP contribution in [0.4, 0.5) is 5.69 Å². The summed E-state index contributed by atoms with van der Waals surface area (Å²) in [6.45, 7) is 0. The largest absolute Gasteiger partial charge is 0.490 e. The molecule has 7 nitrogen and oxygen atoms in total. The van der Waals surface area contributed by atoms with Crippen molar-refractivity contribution in [2.75, 3.05) is 7.11 Å². The molecule has 2 heterocycles. The number of rotatable bonds is 4. The SMILES string of the molecule is COc1ccc(/C=c2/sc3n(c2=O)[C@@H](c2ccccc2Cl)C2=C(N=3)c3ccccc3CC2)cc1[N+](=O)[O-]. The van der Waals surface area contributed by atoms with Crippen LogP contribution in [-0.2, 0) is 6.42 Å².